The normalized spacial score (nSPS) is 12.3. The minimum Gasteiger partial charge on any atom is -0.319 e. The molecule has 0 radical (unpaired) electrons. The molecule has 0 aromatic heterocycles. The summed E-state index contributed by atoms with van der Waals surface area (Å²) in [4.78, 5) is 0. The topological polar surface area (TPSA) is 12.0 Å². The highest BCUT2D eigenvalue weighted by molar-refractivity contribution is 6.37. The fourth-order valence-electron chi connectivity index (χ4n) is 1.34. The van der Waals surface area contributed by atoms with Gasteiger partial charge in [0.05, 0.1) is 5.56 Å². The third-order valence-electron chi connectivity index (χ3n) is 2.25. The highest BCUT2D eigenvalue weighted by atomic mass is 35.5. The lowest BCUT2D eigenvalue weighted by Gasteiger charge is -2.10. The second-order valence-corrected chi connectivity index (χ2v) is 4.46. The lowest BCUT2D eigenvalue weighted by atomic mass is 10.1. The van der Waals surface area contributed by atoms with Crippen molar-refractivity contribution in [1.82, 2.24) is 5.32 Å². The smallest absolute Gasteiger partial charge is 0.319 e. The molecule has 0 aliphatic rings. The Morgan fingerprint density at radius 1 is 1.22 bits per heavy atom. The summed E-state index contributed by atoms with van der Waals surface area (Å²) in [5.41, 5.74) is -0.438. The molecule has 0 bridgehead atoms. The molecule has 0 heterocycles. The van der Waals surface area contributed by atoms with Crippen LogP contribution in [0.3, 0.4) is 0 Å². The fraction of sp³-hybridized carbons (Fsp3) is 0.333. The zero-order valence-electron chi connectivity index (χ0n) is 9.61. The minimum absolute atomic E-state index is 0.00414. The lowest BCUT2D eigenvalue weighted by Crippen LogP contribution is -2.06. The maximum Gasteiger partial charge on any atom is 0.416 e. The standard InChI is InChI=1S/C12H12Cl2F3N/c1-18-5-3-2-4-9-10(13)6-8(7-11(9)14)12(15,16)17/h2,4,6-7,18H,3,5H2,1H3. The maximum absolute atomic E-state index is 12.5. The van der Waals surface area contributed by atoms with Gasteiger partial charge in [0.15, 0.2) is 0 Å². The Balaban J connectivity index is 2.98. The third-order valence-corrected chi connectivity index (χ3v) is 2.88. The van der Waals surface area contributed by atoms with Crippen LogP contribution in [0.15, 0.2) is 18.2 Å². The quantitative estimate of drug-likeness (QED) is 0.799. The van der Waals surface area contributed by atoms with Gasteiger partial charge in [0.1, 0.15) is 0 Å². The number of hydrogen-bond donors (Lipinski definition) is 1. The van der Waals surface area contributed by atoms with Gasteiger partial charge < -0.3 is 5.32 Å². The largest absolute Gasteiger partial charge is 0.416 e. The molecule has 0 saturated heterocycles. The predicted molar refractivity (Wildman–Crippen MR) is 69.0 cm³/mol. The van der Waals surface area contributed by atoms with Gasteiger partial charge in [-0.2, -0.15) is 13.2 Å². The molecule has 0 unspecified atom stereocenters. The second kappa shape index (κ2) is 6.45. The average molecular weight is 298 g/mol. The molecule has 100 valence electrons. The molecular formula is C12H12Cl2F3N. The SMILES string of the molecule is CNCCC=Cc1c(Cl)cc(C(F)(F)F)cc1Cl. The van der Waals surface area contributed by atoms with Gasteiger partial charge in [0.25, 0.3) is 0 Å². The maximum atomic E-state index is 12.5. The Labute approximate surface area is 114 Å². The molecular weight excluding hydrogens is 286 g/mol. The monoisotopic (exact) mass is 297 g/mol. The minimum atomic E-state index is -4.44. The van der Waals surface area contributed by atoms with Crippen molar-refractivity contribution in [3.63, 3.8) is 0 Å². The van der Waals surface area contributed by atoms with E-state index in [0.29, 0.717) is 5.56 Å². The first-order valence-corrected chi connectivity index (χ1v) is 5.99. The molecule has 0 atom stereocenters. The molecule has 18 heavy (non-hydrogen) atoms. The lowest BCUT2D eigenvalue weighted by molar-refractivity contribution is -0.137. The van der Waals surface area contributed by atoms with Gasteiger partial charge in [-0.1, -0.05) is 35.4 Å². The second-order valence-electron chi connectivity index (χ2n) is 3.65. The van der Waals surface area contributed by atoms with Gasteiger partial charge in [-0.3, -0.25) is 0 Å². The molecule has 0 saturated carbocycles. The van der Waals surface area contributed by atoms with E-state index in [9.17, 15) is 13.2 Å². The number of alkyl halides is 3. The van der Waals surface area contributed by atoms with Crippen molar-refractivity contribution in [1.29, 1.82) is 0 Å². The van der Waals surface area contributed by atoms with Gasteiger partial charge in [-0.15, -0.1) is 0 Å². The van der Waals surface area contributed by atoms with E-state index in [2.05, 4.69) is 5.32 Å². The average Bonchev–Trinajstić information content (AvgIpc) is 2.25. The number of halogens is 5. The van der Waals surface area contributed by atoms with Crippen LogP contribution in [0.2, 0.25) is 10.0 Å². The molecule has 0 amide bonds. The van der Waals surface area contributed by atoms with Crippen molar-refractivity contribution in [2.24, 2.45) is 0 Å². The van der Waals surface area contributed by atoms with Crippen LogP contribution in [0.1, 0.15) is 17.5 Å². The molecule has 0 aliphatic heterocycles. The van der Waals surface area contributed by atoms with Crippen molar-refractivity contribution in [2.75, 3.05) is 13.6 Å². The van der Waals surface area contributed by atoms with Crippen LogP contribution in [0.4, 0.5) is 13.2 Å². The summed E-state index contributed by atoms with van der Waals surface area (Å²) < 4.78 is 37.5. The summed E-state index contributed by atoms with van der Waals surface area (Å²) in [7, 11) is 1.81. The fourth-order valence-corrected chi connectivity index (χ4v) is 1.95. The molecule has 1 N–H and O–H groups in total. The van der Waals surface area contributed by atoms with E-state index in [1.807, 2.05) is 7.05 Å². The summed E-state index contributed by atoms with van der Waals surface area (Å²) in [5.74, 6) is 0. The van der Waals surface area contributed by atoms with Crippen molar-refractivity contribution < 1.29 is 13.2 Å². The molecule has 1 nitrogen and oxygen atoms in total. The van der Waals surface area contributed by atoms with Crippen LogP contribution in [-0.4, -0.2) is 13.6 Å². The zero-order chi connectivity index (χ0) is 13.8. The number of benzene rings is 1. The Bertz CT molecular complexity index is 418. The highest BCUT2D eigenvalue weighted by Gasteiger charge is 2.31. The van der Waals surface area contributed by atoms with Crippen LogP contribution in [0.25, 0.3) is 6.08 Å². The van der Waals surface area contributed by atoms with Gasteiger partial charge in [0.2, 0.25) is 0 Å². The first kappa shape index (κ1) is 15.3. The molecule has 0 spiro atoms. The van der Waals surface area contributed by atoms with Gasteiger partial charge in [-0.05, 0) is 32.1 Å². The summed E-state index contributed by atoms with van der Waals surface area (Å²) in [6.07, 6.45) is -0.273. The van der Waals surface area contributed by atoms with Crippen LogP contribution in [0.5, 0.6) is 0 Å². The molecule has 6 heteroatoms. The van der Waals surface area contributed by atoms with Gasteiger partial charge in [-0.25, -0.2) is 0 Å². The van der Waals surface area contributed by atoms with Crippen molar-refractivity contribution >= 4 is 29.3 Å². The van der Waals surface area contributed by atoms with Crippen LogP contribution >= 0.6 is 23.2 Å². The molecule has 1 aromatic rings. The van der Waals surface area contributed by atoms with E-state index in [0.717, 1.165) is 25.1 Å². The highest BCUT2D eigenvalue weighted by Crippen LogP contribution is 2.36. The molecule has 0 fully saturated rings. The van der Waals surface area contributed by atoms with Crippen LogP contribution < -0.4 is 5.32 Å². The van der Waals surface area contributed by atoms with Crippen molar-refractivity contribution in [3.8, 4) is 0 Å². The van der Waals surface area contributed by atoms with E-state index in [-0.39, 0.29) is 10.0 Å². The van der Waals surface area contributed by atoms with E-state index < -0.39 is 11.7 Å². The molecule has 1 aromatic carbocycles. The summed E-state index contributed by atoms with van der Waals surface area (Å²) >= 11 is 11.6. The van der Waals surface area contributed by atoms with E-state index in [4.69, 9.17) is 23.2 Å². The summed E-state index contributed by atoms with van der Waals surface area (Å²) in [5, 5.41) is 2.94. The Kier molecular flexibility index (Phi) is 5.50. The Morgan fingerprint density at radius 2 is 1.78 bits per heavy atom. The van der Waals surface area contributed by atoms with Crippen LogP contribution in [-0.2, 0) is 6.18 Å². The van der Waals surface area contributed by atoms with Crippen molar-refractivity contribution in [2.45, 2.75) is 12.6 Å². The zero-order valence-corrected chi connectivity index (χ0v) is 11.1. The van der Waals surface area contributed by atoms with Gasteiger partial charge in [0, 0.05) is 15.6 Å². The van der Waals surface area contributed by atoms with Crippen LogP contribution in [0, 0.1) is 0 Å². The predicted octanol–water partition coefficient (Wildman–Crippen LogP) is 4.63. The molecule has 1 rings (SSSR count). The van der Waals surface area contributed by atoms with Gasteiger partial charge >= 0.3 is 6.18 Å². The first-order chi connectivity index (χ1) is 8.36. The summed E-state index contributed by atoms with van der Waals surface area (Å²) in [6.45, 7) is 0.770. The third kappa shape index (κ3) is 4.19. The number of nitrogens with one attached hydrogen (secondary N) is 1. The first-order valence-electron chi connectivity index (χ1n) is 5.23. The number of rotatable bonds is 4. The molecule has 0 aliphatic carbocycles. The Hall–Kier alpha value is -0.710. The van der Waals surface area contributed by atoms with Crippen molar-refractivity contribution in [3.05, 3.63) is 39.4 Å². The summed E-state index contributed by atoms with van der Waals surface area (Å²) in [6, 6.07) is 1.76. The number of hydrogen-bond acceptors (Lipinski definition) is 1. The van der Waals surface area contributed by atoms with E-state index in [1.54, 1.807) is 12.2 Å². The van der Waals surface area contributed by atoms with E-state index in [1.165, 1.54) is 0 Å². The van der Waals surface area contributed by atoms with E-state index >= 15 is 0 Å². The Morgan fingerprint density at radius 3 is 2.22 bits per heavy atom.